The molecule has 2 N–H and O–H groups in total. The first-order chi connectivity index (χ1) is 18.2. The lowest BCUT2D eigenvalue weighted by Crippen LogP contribution is -2.42. The van der Waals surface area contributed by atoms with Crippen molar-refractivity contribution >= 4 is 40.0 Å². The largest absolute Gasteiger partial charge is 0.352 e. The zero-order valence-corrected chi connectivity index (χ0v) is 22.0. The van der Waals surface area contributed by atoms with E-state index < -0.39 is 11.2 Å². The number of halogens is 1. The molecule has 4 aromatic rings. The molecule has 38 heavy (non-hydrogen) atoms. The number of carbonyl (C=O) groups excluding carboxylic acids is 2. The van der Waals surface area contributed by atoms with Crippen LogP contribution in [0.5, 0.6) is 0 Å². The number of hydrogen-bond donors (Lipinski definition) is 2. The van der Waals surface area contributed by atoms with Crippen LogP contribution in [0.15, 0.2) is 76.3 Å². The van der Waals surface area contributed by atoms with Gasteiger partial charge >= 0.3 is 5.69 Å². The molecule has 0 bridgehead atoms. The third-order valence-electron chi connectivity index (χ3n) is 6.31. The smallest absolute Gasteiger partial charge is 0.331 e. The Morgan fingerprint density at radius 2 is 1.63 bits per heavy atom. The van der Waals surface area contributed by atoms with Crippen molar-refractivity contribution in [2.24, 2.45) is 0 Å². The maximum atomic E-state index is 13.4. The van der Waals surface area contributed by atoms with E-state index in [-0.39, 0.29) is 44.3 Å². The number of hydrogen-bond acceptors (Lipinski definition) is 4. The number of amides is 2. The quantitative estimate of drug-likeness (QED) is 0.338. The molecule has 1 aromatic heterocycles. The fourth-order valence-corrected chi connectivity index (χ4v) is 4.53. The van der Waals surface area contributed by atoms with E-state index in [1.807, 2.05) is 50.2 Å². The van der Waals surface area contributed by atoms with E-state index in [4.69, 9.17) is 11.6 Å². The number of nitrogens with zero attached hydrogens (tertiary/aromatic N) is 2. The summed E-state index contributed by atoms with van der Waals surface area (Å²) < 4.78 is 2.39. The van der Waals surface area contributed by atoms with Crippen LogP contribution in [0.25, 0.3) is 10.9 Å². The van der Waals surface area contributed by atoms with E-state index in [1.165, 1.54) is 4.57 Å². The molecule has 9 heteroatoms. The third-order valence-corrected chi connectivity index (χ3v) is 6.68. The van der Waals surface area contributed by atoms with Gasteiger partial charge in [-0.25, -0.2) is 4.79 Å². The Bertz CT molecular complexity index is 1620. The van der Waals surface area contributed by atoms with Crippen molar-refractivity contribution in [2.45, 2.75) is 46.3 Å². The number of rotatable bonds is 9. The Morgan fingerprint density at radius 3 is 2.39 bits per heavy atom. The minimum Gasteiger partial charge on any atom is -0.352 e. The average Bonchev–Trinajstić information content (AvgIpc) is 2.89. The first kappa shape index (κ1) is 26.9. The zero-order chi connectivity index (χ0) is 27.2. The first-order valence-electron chi connectivity index (χ1n) is 12.3. The van der Waals surface area contributed by atoms with Gasteiger partial charge in [-0.05, 0) is 55.7 Å². The van der Waals surface area contributed by atoms with E-state index in [9.17, 15) is 19.2 Å². The van der Waals surface area contributed by atoms with E-state index in [2.05, 4.69) is 10.6 Å². The lowest BCUT2D eigenvalue weighted by atomic mass is 10.1. The van der Waals surface area contributed by atoms with Gasteiger partial charge in [-0.15, -0.1) is 0 Å². The van der Waals surface area contributed by atoms with Crippen LogP contribution in [0.3, 0.4) is 0 Å². The molecule has 0 atom stereocenters. The summed E-state index contributed by atoms with van der Waals surface area (Å²) in [6.45, 7) is 3.94. The van der Waals surface area contributed by atoms with Gasteiger partial charge in [0.05, 0.1) is 10.9 Å². The van der Waals surface area contributed by atoms with Crippen molar-refractivity contribution in [2.75, 3.05) is 5.32 Å². The van der Waals surface area contributed by atoms with Crippen LogP contribution in [0.4, 0.5) is 5.69 Å². The van der Waals surface area contributed by atoms with Gasteiger partial charge in [0.1, 0.15) is 6.54 Å². The van der Waals surface area contributed by atoms with Crippen LogP contribution in [0, 0.1) is 13.8 Å². The third kappa shape index (κ3) is 6.20. The van der Waals surface area contributed by atoms with Gasteiger partial charge in [-0.3, -0.25) is 23.5 Å². The molecular weight excluding hydrogens is 504 g/mol. The molecule has 0 saturated heterocycles. The van der Waals surface area contributed by atoms with Gasteiger partial charge < -0.3 is 10.6 Å². The van der Waals surface area contributed by atoms with Crippen LogP contribution in [0.1, 0.15) is 29.5 Å². The molecule has 8 nitrogen and oxygen atoms in total. The monoisotopic (exact) mass is 532 g/mol. The highest BCUT2D eigenvalue weighted by molar-refractivity contribution is 6.31. The Balaban J connectivity index is 1.49. The predicted molar refractivity (Wildman–Crippen MR) is 150 cm³/mol. The van der Waals surface area contributed by atoms with Crippen molar-refractivity contribution in [3.05, 3.63) is 109 Å². The second-order valence-corrected chi connectivity index (χ2v) is 9.59. The van der Waals surface area contributed by atoms with Crippen LogP contribution < -0.4 is 21.9 Å². The SMILES string of the molecule is Cc1ccc(NC(=O)Cn2c(=O)n(CCCC(=O)NCc3ccccc3Cl)c(=O)c3ccccc32)c(C)c1. The maximum Gasteiger partial charge on any atom is 0.331 e. The Labute approximate surface area is 224 Å². The number of nitrogens with one attached hydrogen (secondary N) is 2. The van der Waals surface area contributed by atoms with Crippen molar-refractivity contribution in [3.63, 3.8) is 0 Å². The van der Waals surface area contributed by atoms with Crippen molar-refractivity contribution in [3.8, 4) is 0 Å². The summed E-state index contributed by atoms with van der Waals surface area (Å²) in [5, 5.41) is 6.56. The number of para-hydroxylation sites is 1. The molecule has 0 aliphatic carbocycles. The van der Waals surface area contributed by atoms with Crippen molar-refractivity contribution in [1.82, 2.24) is 14.5 Å². The molecule has 0 unspecified atom stereocenters. The number of anilines is 1. The van der Waals surface area contributed by atoms with E-state index in [0.29, 0.717) is 21.6 Å². The predicted octanol–water partition coefficient (Wildman–Crippen LogP) is 4.17. The lowest BCUT2D eigenvalue weighted by molar-refractivity contribution is -0.121. The van der Waals surface area contributed by atoms with E-state index in [1.54, 1.807) is 30.3 Å². The van der Waals surface area contributed by atoms with Crippen LogP contribution in [-0.4, -0.2) is 20.9 Å². The maximum absolute atomic E-state index is 13.4. The van der Waals surface area contributed by atoms with Crippen molar-refractivity contribution < 1.29 is 9.59 Å². The molecule has 0 fully saturated rings. The highest BCUT2D eigenvalue weighted by atomic mass is 35.5. The number of aryl methyl sites for hydroxylation is 2. The molecule has 0 aliphatic rings. The number of fused-ring (bicyclic) bond motifs is 1. The lowest BCUT2D eigenvalue weighted by Gasteiger charge is -2.15. The van der Waals surface area contributed by atoms with Crippen LogP contribution in [0.2, 0.25) is 5.02 Å². The molecule has 0 radical (unpaired) electrons. The fraction of sp³-hybridized carbons (Fsp3) is 0.241. The van der Waals surface area contributed by atoms with Gasteiger partial charge in [-0.2, -0.15) is 0 Å². The molecule has 3 aromatic carbocycles. The summed E-state index contributed by atoms with van der Waals surface area (Å²) in [4.78, 5) is 51.7. The fourth-order valence-electron chi connectivity index (χ4n) is 4.33. The normalized spacial score (nSPS) is 10.9. The topological polar surface area (TPSA) is 102 Å². The summed E-state index contributed by atoms with van der Waals surface area (Å²) >= 11 is 6.13. The van der Waals surface area contributed by atoms with Gasteiger partial charge in [0, 0.05) is 30.2 Å². The highest BCUT2D eigenvalue weighted by Gasteiger charge is 2.16. The minimum absolute atomic E-state index is 0.0424. The van der Waals surface area contributed by atoms with Gasteiger partial charge in [0.15, 0.2) is 0 Å². The first-order valence-corrected chi connectivity index (χ1v) is 12.7. The number of carbonyl (C=O) groups is 2. The summed E-state index contributed by atoms with van der Waals surface area (Å²) in [7, 11) is 0. The van der Waals surface area contributed by atoms with Gasteiger partial charge in [0.25, 0.3) is 5.56 Å². The average molecular weight is 533 g/mol. The van der Waals surface area contributed by atoms with Gasteiger partial charge in [0.2, 0.25) is 11.8 Å². The van der Waals surface area contributed by atoms with Crippen LogP contribution in [-0.2, 0) is 29.2 Å². The number of aromatic nitrogens is 2. The summed E-state index contributed by atoms with van der Waals surface area (Å²) in [6.07, 6.45) is 0.396. The van der Waals surface area contributed by atoms with Gasteiger partial charge in [-0.1, -0.05) is 59.6 Å². The summed E-state index contributed by atoms with van der Waals surface area (Å²) in [5.41, 5.74) is 2.78. The molecule has 0 saturated carbocycles. The Kier molecular flexibility index (Phi) is 8.43. The number of benzene rings is 3. The standard InChI is InChI=1S/C29H29ClN4O4/c1-19-13-14-24(20(2)16-19)32-27(36)18-34-25-11-6-4-9-22(25)28(37)33(29(34)38)15-7-12-26(35)31-17-21-8-3-5-10-23(21)30/h3-6,8-11,13-14,16H,7,12,15,17-18H2,1-2H3,(H,31,35)(H,32,36). The molecule has 0 aliphatic heterocycles. The molecule has 2 amide bonds. The summed E-state index contributed by atoms with van der Waals surface area (Å²) in [6, 6.07) is 19.6. The minimum atomic E-state index is -0.596. The molecule has 196 valence electrons. The molecule has 4 rings (SSSR count). The molecule has 0 spiro atoms. The highest BCUT2D eigenvalue weighted by Crippen LogP contribution is 2.17. The van der Waals surface area contributed by atoms with E-state index in [0.717, 1.165) is 21.3 Å². The van der Waals surface area contributed by atoms with Crippen LogP contribution >= 0.6 is 11.6 Å². The van der Waals surface area contributed by atoms with E-state index >= 15 is 0 Å². The molecule has 1 heterocycles. The Hall–Kier alpha value is -4.17. The zero-order valence-electron chi connectivity index (χ0n) is 21.3. The molecular formula is C29H29ClN4O4. The van der Waals surface area contributed by atoms with Crippen molar-refractivity contribution in [1.29, 1.82) is 0 Å². The second kappa shape index (κ2) is 11.9. The Morgan fingerprint density at radius 1 is 0.895 bits per heavy atom. The summed E-state index contributed by atoms with van der Waals surface area (Å²) in [5.74, 6) is -0.597. The second-order valence-electron chi connectivity index (χ2n) is 9.18.